The molecule has 1 aliphatic heterocycles. The zero-order valence-corrected chi connectivity index (χ0v) is 11.4. The van der Waals surface area contributed by atoms with Gasteiger partial charge in [-0.1, -0.05) is 12.1 Å². The van der Waals surface area contributed by atoms with E-state index in [0.29, 0.717) is 5.92 Å². The summed E-state index contributed by atoms with van der Waals surface area (Å²) in [4.78, 5) is 0. The maximum atomic E-state index is 5.44. The summed E-state index contributed by atoms with van der Waals surface area (Å²) in [7, 11) is 1.73. The van der Waals surface area contributed by atoms with E-state index in [1.165, 1.54) is 24.0 Å². The van der Waals surface area contributed by atoms with E-state index in [4.69, 9.17) is 4.74 Å². The molecule has 1 aromatic rings. The van der Waals surface area contributed by atoms with Crippen LogP contribution >= 0.6 is 15.9 Å². The van der Waals surface area contributed by atoms with E-state index in [0.717, 1.165) is 23.3 Å². The second-order valence-corrected chi connectivity index (χ2v) is 5.16. The van der Waals surface area contributed by atoms with Crippen LogP contribution in [-0.2, 0) is 0 Å². The fraction of sp³-hybridized carbons (Fsp3) is 0.538. The smallest absolute Gasteiger partial charge is 0.136 e. The summed E-state index contributed by atoms with van der Waals surface area (Å²) in [5.74, 6) is 1.58. The molecule has 0 aliphatic carbocycles. The quantitative estimate of drug-likeness (QED) is 0.900. The summed E-state index contributed by atoms with van der Waals surface area (Å²) in [5, 5.41) is 3.45. The monoisotopic (exact) mass is 283 g/mol. The van der Waals surface area contributed by atoms with Gasteiger partial charge in [0.2, 0.25) is 0 Å². The van der Waals surface area contributed by atoms with Crippen molar-refractivity contribution in [3.05, 3.63) is 27.7 Å². The molecule has 2 rings (SSSR count). The highest BCUT2D eigenvalue weighted by Crippen LogP contribution is 2.37. The molecule has 1 N–H and O–H groups in total. The van der Waals surface area contributed by atoms with Crippen LogP contribution in [0, 0.1) is 6.92 Å². The average molecular weight is 284 g/mol. The number of rotatable bonds is 2. The van der Waals surface area contributed by atoms with Crippen LogP contribution in [-0.4, -0.2) is 20.2 Å². The lowest BCUT2D eigenvalue weighted by molar-refractivity contribution is 0.405. The Kier molecular flexibility index (Phi) is 3.87. The second kappa shape index (κ2) is 5.19. The third-order valence-electron chi connectivity index (χ3n) is 3.26. The van der Waals surface area contributed by atoms with Crippen molar-refractivity contribution in [3.63, 3.8) is 0 Å². The number of hydrogen-bond donors (Lipinski definition) is 1. The summed E-state index contributed by atoms with van der Waals surface area (Å²) in [6.07, 6.45) is 2.52. The number of nitrogens with one attached hydrogen (secondary N) is 1. The van der Waals surface area contributed by atoms with Gasteiger partial charge in [-0.05, 0) is 59.3 Å². The molecule has 1 aromatic carbocycles. The Morgan fingerprint density at radius 1 is 1.44 bits per heavy atom. The zero-order valence-electron chi connectivity index (χ0n) is 9.85. The van der Waals surface area contributed by atoms with Crippen LogP contribution in [0.25, 0.3) is 0 Å². The van der Waals surface area contributed by atoms with E-state index >= 15 is 0 Å². The van der Waals surface area contributed by atoms with E-state index in [9.17, 15) is 0 Å². The molecular formula is C13H18BrNO. The minimum atomic E-state index is 0.609. The first-order valence-electron chi connectivity index (χ1n) is 5.77. The van der Waals surface area contributed by atoms with Gasteiger partial charge in [0.25, 0.3) is 0 Å². The molecule has 1 atom stereocenters. The van der Waals surface area contributed by atoms with Crippen molar-refractivity contribution >= 4 is 15.9 Å². The first kappa shape index (κ1) is 11.9. The van der Waals surface area contributed by atoms with Gasteiger partial charge in [0.05, 0.1) is 11.6 Å². The maximum absolute atomic E-state index is 5.44. The highest BCUT2D eigenvalue weighted by atomic mass is 79.9. The molecule has 1 heterocycles. The molecule has 3 heteroatoms. The third kappa shape index (κ3) is 2.25. The van der Waals surface area contributed by atoms with E-state index in [1.807, 2.05) is 0 Å². The molecular weight excluding hydrogens is 266 g/mol. The maximum Gasteiger partial charge on any atom is 0.136 e. The van der Waals surface area contributed by atoms with Gasteiger partial charge in [-0.15, -0.1) is 0 Å². The summed E-state index contributed by atoms with van der Waals surface area (Å²) in [6, 6.07) is 4.37. The lowest BCUT2D eigenvalue weighted by Crippen LogP contribution is -2.28. The number of methoxy groups -OCH3 is 1. The third-order valence-corrected chi connectivity index (χ3v) is 4.08. The number of ether oxygens (including phenoxy) is 1. The molecule has 16 heavy (non-hydrogen) atoms. The van der Waals surface area contributed by atoms with Crippen molar-refractivity contribution in [3.8, 4) is 5.75 Å². The van der Waals surface area contributed by atoms with Crippen molar-refractivity contribution in [2.45, 2.75) is 25.7 Å². The van der Waals surface area contributed by atoms with Crippen LogP contribution in [0.4, 0.5) is 0 Å². The van der Waals surface area contributed by atoms with Gasteiger partial charge >= 0.3 is 0 Å². The molecule has 1 saturated heterocycles. The number of halogens is 1. The molecule has 2 nitrogen and oxygen atoms in total. The lowest BCUT2D eigenvalue weighted by atomic mass is 9.91. The van der Waals surface area contributed by atoms with Crippen LogP contribution in [0.5, 0.6) is 5.75 Å². The molecule has 0 aromatic heterocycles. The van der Waals surface area contributed by atoms with Crippen LogP contribution < -0.4 is 10.1 Å². The molecule has 0 radical (unpaired) electrons. The molecule has 1 unspecified atom stereocenters. The van der Waals surface area contributed by atoms with Gasteiger partial charge in [0.1, 0.15) is 5.75 Å². The first-order chi connectivity index (χ1) is 7.74. The lowest BCUT2D eigenvalue weighted by Gasteiger charge is -2.25. The predicted molar refractivity (Wildman–Crippen MR) is 70.3 cm³/mol. The van der Waals surface area contributed by atoms with Gasteiger partial charge < -0.3 is 10.1 Å². The number of benzene rings is 1. The summed E-state index contributed by atoms with van der Waals surface area (Å²) in [6.45, 7) is 4.30. The summed E-state index contributed by atoms with van der Waals surface area (Å²) < 4.78 is 6.57. The fourth-order valence-electron chi connectivity index (χ4n) is 2.35. The second-order valence-electron chi connectivity index (χ2n) is 4.36. The SMILES string of the molecule is COc1c(C)ccc(C2CCCNC2)c1Br. The topological polar surface area (TPSA) is 21.3 Å². The Morgan fingerprint density at radius 3 is 2.88 bits per heavy atom. The Morgan fingerprint density at radius 2 is 2.25 bits per heavy atom. The minimum Gasteiger partial charge on any atom is -0.495 e. The zero-order chi connectivity index (χ0) is 11.5. The van der Waals surface area contributed by atoms with Gasteiger partial charge in [-0.25, -0.2) is 0 Å². The molecule has 0 saturated carbocycles. The van der Waals surface area contributed by atoms with Crippen LogP contribution in [0.1, 0.15) is 29.9 Å². The van der Waals surface area contributed by atoms with Gasteiger partial charge in [0, 0.05) is 6.54 Å². The molecule has 1 aliphatic rings. The Balaban J connectivity index is 2.33. The Labute approximate surface area is 106 Å². The number of hydrogen-bond acceptors (Lipinski definition) is 2. The van der Waals surface area contributed by atoms with Crippen molar-refractivity contribution in [2.24, 2.45) is 0 Å². The highest BCUT2D eigenvalue weighted by Gasteiger charge is 2.20. The Hall–Kier alpha value is -0.540. The van der Waals surface area contributed by atoms with Crippen LogP contribution in [0.3, 0.4) is 0 Å². The minimum absolute atomic E-state index is 0.609. The van der Waals surface area contributed by atoms with Gasteiger partial charge in [0.15, 0.2) is 0 Å². The average Bonchev–Trinajstić information content (AvgIpc) is 2.31. The predicted octanol–water partition coefficient (Wildman–Crippen LogP) is 3.23. The largest absolute Gasteiger partial charge is 0.495 e. The van der Waals surface area contributed by atoms with Crippen molar-refractivity contribution in [1.29, 1.82) is 0 Å². The molecule has 88 valence electrons. The normalized spacial score (nSPS) is 20.8. The van der Waals surface area contributed by atoms with E-state index in [1.54, 1.807) is 7.11 Å². The molecule has 0 spiro atoms. The number of piperidine rings is 1. The molecule has 0 amide bonds. The highest BCUT2D eigenvalue weighted by molar-refractivity contribution is 9.10. The van der Waals surface area contributed by atoms with Crippen molar-refractivity contribution in [2.75, 3.05) is 20.2 Å². The Bertz CT molecular complexity index is 372. The van der Waals surface area contributed by atoms with Crippen molar-refractivity contribution in [1.82, 2.24) is 5.32 Å². The van der Waals surface area contributed by atoms with E-state index < -0.39 is 0 Å². The van der Waals surface area contributed by atoms with Crippen LogP contribution in [0.15, 0.2) is 16.6 Å². The molecule has 0 bridgehead atoms. The standard InChI is InChI=1S/C13H18BrNO/c1-9-5-6-11(12(14)13(9)16-2)10-4-3-7-15-8-10/h5-6,10,15H,3-4,7-8H2,1-2H3. The van der Waals surface area contributed by atoms with Gasteiger partial charge in [-0.3, -0.25) is 0 Å². The van der Waals surface area contributed by atoms with Crippen LogP contribution in [0.2, 0.25) is 0 Å². The molecule has 1 fully saturated rings. The first-order valence-corrected chi connectivity index (χ1v) is 6.57. The number of aryl methyl sites for hydroxylation is 1. The fourth-order valence-corrected chi connectivity index (χ4v) is 3.28. The van der Waals surface area contributed by atoms with Gasteiger partial charge in [-0.2, -0.15) is 0 Å². The summed E-state index contributed by atoms with van der Waals surface area (Å²) in [5.41, 5.74) is 2.55. The summed E-state index contributed by atoms with van der Waals surface area (Å²) >= 11 is 3.68. The van der Waals surface area contributed by atoms with Crippen molar-refractivity contribution < 1.29 is 4.74 Å². The van der Waals surface area contributed by atoms with E-state index in [-0.39, 0.29) is 0 Å². The van der Waals surface area contributed by atoms with E-state index in [2.05, 4.69) is 40.3 Å².